The molecule has 0 aliphatic carbocycles. The Morgan fingerprint density at radius 1 is 1.31 bits per heavy atom. The van der Waals surface area contributed by atoms with Crippen molar-refractivity contribution in [2.75, 3.05) is 6.61 Å². The fourth-order valence-electron chi connectivity index (χ4n) is 2.35. The Balaban J connectivity index is 1.96. The van der Waals surface area contributed by atoms with E-state index in [-0.39, 0.29) is 22.3 Å². The molecule has 0 atom stereocenters. The molecule has 7 nitrogen and oxygen atoms in total. The number of carbonyl (C=O) groups is 1. The molecule has 0 amide bonds. The van der Waals surface area contributed by atoms with Crippen molar-refractivity contribution >= 4 is 35.2 Å². The van der Waals surface area contributed by atoms with Gasteiger partial charge in [0, 0.05) is 17.7 Å². The zero-order valence-corrected chi connectivity index (χ0v) is 14.4. The number of hydrogen-bond donors (Lipinski definition) is 0. The third kappa shape index (κ3) is 3.57. The minimum absolute atomic E-state index is 0.00459. The van der Waals surface area contributed by atoms with Crippen molar-refractivity contribution < 1.29 is 19.2 Å². The molecule has 2 aromatic carbocycles. The number of benzene rings is 2. The molecular formula is C18H13ClN2O5. The summed E-state index contributed by atoms with van der Waals surface area (Å²) in [5.74, 6) is -0.0249. The van der Waals surface area contributed by atoms with Crippen LogP contribution in [-0.4, -0.2) is 23.4 Å². The number of nitro benzene ring substituents is 1. The summed E-state index contributed by atoms with van der Waals surface area (Å²) < 4.78 is 10.7. The monoisotopic (exact) mass is 372 g/mol. The van der Waals surface area contributed by atoms with Crippen molar-refractivity contribution in [2.24, 2.45) is 4.99 Å². The first-order valence-corrected chi connectivity index (χ1v) is 8.06. The van der Waals surface area contributed by atoms with Crippen LogP contribution in [0, 0.1) is 10.1 Å². The molecule has 1 aliphatic heterocycles. The molecule has 0 spiro atoms. The topological polar surface area (TPSA) is 91.0 Å². The van der Waals surface area contributed by atoms with Gasteiger partial charge in [0.2, 0.25) is 5.90 Å². The van der Waals surface area contributed by atoms with Crippen molar-refractivity contribution in [3.8, 4) is 5.75 Å². The first kappa shape index (κ1) is 17.6. The van der Waals surface area contributed by atoms with Crippen LogP contribution in [-0.2, 0) is 9.53 Å². The van der Waals surface area contributed by atoms with Crippen LogP contribution in [0.2, 0.25) is 5.02 Å². The van der Waals surface area contributed by atoms with E-state index in [0.29, 0.717) is 23.5 Å². The van der Waals surface area contributed by atoms with Crippen molar-refractivity contribution in [3.63, 3.8) is 0 Å². The summed E-state index contributed by atoms with van der Waals surface area (Å²) in [7, 11) is 0. The van der Waals surface area contributed by atoms with Gasteiger partial charge in [-0.05, 0) is 25.1 Å². The fraction of sp³-hybridized carbons (Fsp3) is 0.111. The van der Waals surface area contributed by atoms with Crippen LogP contribution < -0.4 is 4.74 Å². The van der Waals surface area contributed by atoms with E-state index in [0.717, 1.165) is 0 Å². The van der Waals surface area contributed by atoms with Crippen LogP contribution in [0.15, 0.2) is 53.2 Å². The predicted molar refractivity (Wildman–Crippen MR) is 96.3 cm³/mol. The Morgan fingerprint density at radius 3 is 2.77 bits per heavy atom. The molecule has 0 aromatic heterocycles. The number of nitrogens with zero attached hydrogens (tertiary/aromatic N) is 2. The zero-order chi connectivity index (χ0) is 18.7. The van der Waals surface area contributed by atoms with E-state index in [1.165, 1.54) is 18.2 Å². The van der Waals surface area contributed by atoms with Gasteiger partial charge in [-0.2, -0.15) is 0 Å². The van der Waals surface area contributed by atoms with E-state index in [4.69, 9.17) is 21.1 Å². The van der Waals surface area contributed by atoms with Crippen LogP contribution in [0.5, 0.6) is 5.75 Å². The number of esters is 1. The lowest BCUT2D eigenvalue weighted by molar-refractivity contribution is -0.384. The van der Waals surface area contributed by atoms with E-state index in [2.05, 4.69) is 4.99 Å². The number of ether oxygens (including phenoxy) is 2. The Labute approximate surface area is 153 Å². The van der Waals surface area contributed by atoms with Gasteiger partial charge in [-0.1, -0.05) is 29.8 Å². The van der Waals surface area contributed by atoms with E-state index < -0.39 is 10.9 Å². The molecule has 0 saturated heterocycles. The molecule has 26 heavy (non-hydrogen) atoms. The standard InChI is InChI=1S/C18H13ClN2O5/c1-2-25-16-6-4-3-5-11(16)9-15-18(22)26-17(20-15)13-8-7-12(21(23)24)10-14(13)19/h3-10H,2H2,1H3/b15-9-. The SMILES string of the molecule is CCOc1ccccc1/C=C1\N=C(c2ccc([N+](=O)[O-])cc2Cl)OC1=O. The van der Waals surface area contributed by atoms with Gasteiger partial charge in [-0.3, -0.25) is 10.1 Å². The summed E-state index contributed by atoms with van der Waals surface area (Å²) in [6.45, 7) is 2.35. The second-order valence-corrected chi connectivity index (χ2v) is 5.64. The van der Waals surface area contributed by atoms with Gasteiger partial charge in [0.25, 0.3) is 5.69 Å². The van der Waals surface area contributed by atoms with Crippen molar-refractivity contribution in [3.05, 3.63) is 74.4 Å². The average Bonchev–Trinajstić information content (AvgIpc) is 2.97. The largest absolute Gasteiger partial charge is 0.493 e. The molecule has 1 heterocycles. The fourth-order valence-corrected chi connectivity index (χ4v) is 2.61. The maximum absolute atomic E-state index is 12.1. The third-order valence-corrected chi connectivity index (χ3v) is 3.84. The van der Waals surface area contributed by atoms with Crippen LogP contribution in [0.25, 0.3) is 6.08 Å². The Kier molecular flexibility index (Phi) is 4.99. The highest BCUT2D eigenvalue weighted by Gasteiger charge is 2.26. The third-order valence-electron chi connectivity index (χ3n) is 3.53. The summed E-state index contributed by atoms with van der Waals surface area (Å²) in [5.41, 5.74) is 0.903. The van der Waals surface area contributed by atoms with Gasteiger partial charge in [-0.15, -0.1) is 0 Å². The number of para-hydroxylation sites is 1. The molecule has 0 N–H and O–H groups in total. The number of cyclic esters (lactones) is 1. The molecule has 0 fully saturated rings. The smallest absolute Gasteiger partial charge is 0.363 e. The van der Waals surface area contributed by atoms with E-state index in [9.17, 15) is 14.9 Å². The number of rotatable bonds is 5. The molecule has 132 valence electrons. The van der Waals surface area contributed by atoms with Gasteiger partial charge >= 0.3 is 5.97 Å². The second kappa shape index (κ2) is 7.37. The van der Waals surface area contributed by atoms with Crippen molar-refractivity contribution in [1.82, 2.24) is 0 Å². The number of non-ortho nitro benzene ring substituents is 1. The lowest BCUT2D eigenvalue weighted by Gasteiger charge is -2.06. The second-order valence-electron chi connectivity index (χ2n) is 5.23. The summed E-state index contributed by atoms with van der Waals surface area (Å²) in [4.78, 5) is 26.5. The van der Waals surface area contributed by atoms with E-state index in [1.807, 2.05) is 19.1 Å². The van der Waals surface area contributed by atoms with Crippen molar-refractivity contribution in [2.45, 2.75) is 6.92 Å². The van der Waals surface area contributed by atoms with Gasteiger partial charge in [-0.25, -0.2) is 9.79 Å². The Morgan fingerprint density at radius 2 is 2.08 bits per heavy atom. The van der Waals surface area contributed by atoms with Crippen LogP contribution in [0.1, 0.15) is 18.1 Å². The van der Waals surface area contributed by atoms with Gasteiger partial charge < -0.3 is 9.47 Å². The summed E-state index contributed by atoms with van der Waals surface area (Å²) >= 11 is 6.06. The van der Waals surface area contributed by atoms with Crippen LogP contribution in [0.4, 0.5) is 5.69 Å². The van der Waals surface area contributed by atoms with E-state index in [1.54, 1.807) is 18.2 Å². The van der Waals surface area contributed by atoms with Gasteiger partial charge in [0.05, 0.1) is 22.1 Å². The lowest BCUT2D eigenvalue weighted by Crippen LogP contribution is -2.06. The molecule has 1 aliphatic rings. The summed E-state index contributed by atoms with van der Waals surface area (Å²) in [6, 6.07) is 11.1. The molecular weight excluding hydrogens is 360 g/mol. The van der Waals surface area contributed by atoms with Crippen LogP contribution >= 0.6 is 11.6 Å². The van der Waals surface area contributed by atoms with Crippen molar-refractivity contribution in [1.29, 1.82) is 0 Å². The lowest BCUT2D eigenvalue weighted by atomic mass is 10.1. The Bertz CT molecular complexity index is 952. The highest BCUT2D eigenvalue weighted by atomic mass is 35.5. The predicted octanol–water partition coefficient (Wildman–Crippen LogP) is 3.99. The molecule has 8 heteroatoms. The van der Waals surface area contributed by atoms with Crippen LogP contribution in [0.3, 0.4) is 0 Å². The number of hydrogen-bond acceptors (Lipinski definition) is 6. The highest BCUT2D eigenvalue weighted by Crippen LogP contribution is 2.28. The maximum Gasteiger partial charge on any atom is 0.363 e. The Hall–Kier alpha value is -3.19. The number of carbonyl (C=O) groups excluding carboxylic acids is 1. The molecule has 0 saturated carbocycles. The average molecular weight is 373 g/mol. The van der Waals surface area contributed by atoms with E-state index >= 15 is 0 Å². The van der Waals surface area contributed by atoms with Gasteiger partial charge in [0.15, 0.2) is 5.70 Å². The summed E-state index contributed by atoms with van der Waals surface area (Å²) in [6.07, 6.45) is 1.56. The summed E-state index contributed by atoms with van der Waals surface area (Å²) in [5, 5.41) is 10.9. The minimum atomic E-state index is -0.638. The molecule has 2 aromatic rings. The van der Waals surface area contributed by atoms with Gasteiger partial charge in [0.1, 0.15) is 5.75 Å². The maximum atomic E-state index is 12.1. The number of aliphatic imine (C=N–C) groups is 1. The zero-order valence-electron chi connectivity index (χ0n) is 13.6. The number of halogens is 1. The molecule has 0 bridgehead atoms. The molecule has 3 rings (SSSR count). The highest BCUT2D eigenvalue weighted by molar-refractivity contribution is 6.34. The number of nitro groups is 1. The normalized spacial score (nSPS) is 14.9. The molecule has 0 unspecified atom stereocenters. The quantitative estimate of drug-likeness (QED) is 0.342. The molecule has 0 radical (unpaired) electrons. The first-order valence-electron chi connectivity index (χ1n) is 7.68. The minimum Gasteiger partial charge on any atom is -0.493 e. The first-order chi connectivity index (χ1) is 12.5.